The molecule has 0 aliphatic carbocycles. The van der Waals surface area contributed by atoms with E-state index in [-0.39, 0.29) is 27.5 Å². The molecular formula is C24H12Cl2F3. The molecule has 1 radical (unpaired) electrons. The van der Waals surface area contributed by atoms with Crippen LogP contribution in [0.15, 0.2) is 72.8 Å². The molecule has 4 aromatic carbocycles. The first kappa shape index (κ1) is 19.6. The summed E-state index contributed by atoms with van der Waals surface area (Å²) in [6.45, 7) is 0. The zero-order valence-electron chi connectivity index (χ0n) is 14.8. The Labute approximate surface area is 176 Å². The molecule has 0 N–H and O–H groups in total. The molecule has 0 unspecified atom stereocenters. The van der Waals surface area contributed by atoms with Gasteiger partial charge in [0.2, 0.25) is 0 Å². The van der Waals surface area contributed by atoms with Crippen LogP contribution in [0.3, 0.4) is 0 Å². The van der Waals surface area contributed by atoms with Gasteiger partial charge in [-0.05, 0) is 58.7 Å². The van der Waals surface area contributed by atoms with Crippen LogP contribution in [-0.2, 0) is 0 Å². The molecule has 0 bridgehead atoms. The molecule has 5 heteroatoms. The Balaban J connectivity index is 2.01. The van der Waals surface area contributed by atoms with E-state index in [1.807, 2.05) is 0 Å². The molecule has 0 nitrogen and oxygen atoms in total. The van der Waals surface area contributed by atoms with Gasteiger partial charge in [-0.3, -0.25) is 0 Å². The molecule has 0 spiro atoms. The van der Waals surface area contributed by atoms with Gasteiger partial charge in [0.05, 0.1) is 10.0 Å². The summed E-state index contributed by atoms with van der Waals surface area (Å²) < 4.78 is 40.2. The monoisotopic (exact) mass is 427 g/mol. The highest BCUT2D eigenvalue weighted by molar-refractivity contribution is 6.46. The van der Waals surface area contributed by atoms with Crippen LogP contribution in [0.2, 0.25) is 10.0 Å². The molecule has 0 fully saturated rings. The van der Waals surface area contributed by atoms with Gasteiger partial charge in [-0.1, -0.05) is 59.6 Å². The summed E-state index contributed by atoms with van der Waals surface area (Å²) in [6.07, 6.45) is 0. The normalized spacial score (nSPS) is 10.9. The number of hydrogen-bond donors (Lipinski definition) is 0. The number of halogens is 5. The lowest BCUT2D eigenvalue weighted by molar-refractivity contribution is 0.627. The second kappa shape index (κ2) is 7.94. The summed E-state index contributed by atoms with van der Waals surface area (Å²) in [4.78, 5) is 0. The van der Waals surface area contributed by atoms with Crippen molar-refractivity contribution in [1.29, 1.82) is 0 Å². The Kier molecular flexibility index (Phi) is 5.35. The zero-order chi connectivity index (χ0) is 20.5. The second-order valence-electron chi connectivity index (χ2n) is 6.40. The lowest BCUT2D eigenvalue weighted by atomic mass is 9.90. The van der Waals surface area contributed by atoms with Gasteiger partial charge < -0.3 is 0 Å². The highest BCUT2D eigenvalue weighted by Gasteiger charge is 2.20. The third-order valence-corrected chi connectivity index (χ3v) is 5.38. The van der Waals surface area contributed by atoms with E-state index in [2.05, 4.69) is 6.07 Å². The van der Waals surface area contributed by atoms with E-state index in [0.717, 1.165) is 0 Å². The van der Waals surface area contributed by atoms with E-state index in [1.165, 1.54) is 36.4 Å². The maximum Gasteiger partial charge on any atom is 0.123 e. The average molecular weight is 428 g/mol. The van der Waals surface area contributed by atoms with Gasteiger partial charge in [0.1, 0.15) is 17.5 Å². The molecule has 0 atom stereocenters. The van der Waals surface area contributed by atoms with Gasteiger partial charge in [-0.2, -0.15) is 0 Å². The van der Waals surface area contributed by atoms with Crippen LogP contribution in [-0.4, -0.2) is 0 Å². The van der Waals surface area contributed by atoms with E-state index in [9.17, 15) is 13.2 Å². The molecule has 0 heterocycles. The molecule has 0 saturated carbocycles. The largest absolute Gasteiger partial charge is 0.207 e. The standard InChI is InChI=1S/C24H12Cl2F3/c25-23-21(15-3-9-18(28)10-4-15)13-20(14-1-7-17(27)8-2-14)22(24(23)26)16-5-11-19(29)12-6-16/h1-12H. The van der Waals surface area contributed by atoms with Crippen LogP contribution in [0.25, 0.3) is 33.4 Å². The van der Waals surface area contributed by atoms with Crippen LogP contribution in [0, 0.1) is 23.5 Å². The minimum Gasteiger partial charge on any atom is -0.207 e. The predicted octanol–water partition coefficient (Wildman–Crippen LogP) is 8.21. The van der Waals surface area contributed by atoms with Crippen LogP contribution in [0.1, 0.15) is 0 Å². The minimum atomic E-state index is -0.383. The molecule has 0 saturated heterocycles. The van der Waals surface area contributed by atoms with E-state index >= 15 is 0 Å². The lowest BCUT2D eigenvalue weighted by Gasteiger charge is -2.17. The Morgan fingerprint density at radius 2 is 0.862 bits per heavy atom. The topological polar surface area (TPSA) is 0 Å². The third-order valence-electron chi connectivity index (χ3n) is 4.53. The zero-order valence-corrected chi connectivity index (χ0v) is 16.3. The van der Waals surface area contributed by atoms with Gasteiger partial charge in [-0.25, -0.2) is 13.2 Å². The van der Waals surface area contributed by atoms with Crippen molar-refractivity contribution in [1.82, 2.24) is 0 Å². The smallest absolute Gasteiger partial charge is 0.123 e. The number of rotatable bonds is 3. The summed E-state index contributed by atoms with van der Waals surface area (Å²) in [5.41, 5.74) is 3.54. The van der Waals surface area contributed by atoms with Gasteiger partial charge in [0.15, 0.2) is 0 Å². The summed E-state index contributed by atoms with van der Waals surface area (Å²) in [7, 11) is 0. The van der Waals surface area contributed by atoms with Crippen molar-refractivity contribution >= 4 is 23.2 Å². The Morgan fingerprint density at radius 3 is 1.31 bits per heavy atom. The molecular weight excluding hydrogens is 416 g/mol. The minimum absolute atomic E-state index is 0.239. The van der Waals surface area contributed by atoms with Crippen molar-refractivity contribution in [3.63, 3.8) is 0 Å². The van der Waals surface area contributed by atoms with Gasteiger partial charge >= 0.3 is 0 Å². The summed E-state index contributed by atoms with van der Waals surface area (Å²) in [5.74, 6) is -1.14. The van der Waals surface area contributed by atoms with Crippen LogP contribution < -0.4 is 0 Å². The maximum atomic E-state index is 13.5. The Morgan fingerprint density at radius 1 is 0.483 bits per heavy atom. The first-order valence-electron chi connectivity index (χ1n) is 8.66. The fraction of sp³-hybridized carbons (Fsp3) is 0. The van der Waals surface area contributed by atoms with Gasteiger partial charge in [-0.15, -0.1) is 0 Å². The van der Waals surface area contributed by atoms with E-state index in [0.29, 0.717) is 33.4 Å². The van der Waals surface area contributed by atoms with Crippen molar-refractivity contribution in [2.75, 3.05) is 0 Å². The average Bonchev–Trinajstić information content (AvgIpc) is 2.72. The van der Waals surface area contributed by atoms with Crippen molar-refractivity contribution in [3.05, 3.63) is 106 Å². The van der Waals surface area contributed by atoms with Crippen molar-refractivity contribution in [2.45, 2.75) is 0 Å². The van der Waals surface area contributed by atoms with Gasteiger partial charge in [0, 0.05) is 17.2 Å². The van der Waals surface area contributed by atoms with Gasteiger partial charge in [0.25, 0.3) is 0 Å². The number of hydrogen-bond acceptors (Lipinski definition) is 0. The number of benzene rings is 4. The maximum absolute atomic E-state index is 13.5. The Hall–Kier alpha value is -2.75. The molecule has 4 rings (SSSR count). The molecule has 143 valence electrons. The highest BCUT2D eigenvalue weighted by Crippen LogP contribution is 2.46. The molecule has 0 aliphatic rings. The van der Waals surface area contributed by atoms with Crippen molar-refractivity contribution < 1.29 is 13.2 Å². The first-order chi connectivity index (χ1) is 13.9. The van der Waals surface area contributed by atoms with Crippen LogP contribution in [0.5, 0.6) is 0 Å². The van der Waals surface area contributed by atoms with Crippen molar-refractivity contribution in [3.8, 4) is 33.4 Å². The highest BCUT2D eigenvalue weighted by atomic mass is 35.5. The van der Waals surface area contributed by atoms with Crippen LogP contribution >= 0.6 is 23.2 Å². The summed E-state index contributed by atoms with van der Waals surface area (Å²) in [6, 6.07) is 20.7. The summed E-state index contributed by atoms with van der Waals surface area (Å²) >= 11 is 13.2. The van der Waals surface area contributed by atoms with E-state index in [1.54, 1.807) is 36.4 Å². The SMILES string of the molecule is Fc1ccc(-c2[c]c(-c3ccc(F)cc3)c(-c3ccc(F)cc3)c(Cl)c2Cl)cc1. The summed E-state index contributed by atoms with van der Waals surface area (Å²) in [5, 5.41) is 0.485. The van der Waals surface area contributed by atoms with E-state index < -0.39 is 0 Å². The molecule has 0 amide bonds. The van der Waals surface area contributed by atoms with Crippen molar-refractivity contribution in [2.24, 2.45) is 0 Å². The Bertz CT molecular complexity index is 1170. The first-order valence-corrected chi connectivity index (χ1v) is 9.41. The quantitative estimate of drug-likeness (QED) is 0.309. The third kappa shape index (κ3) is 3.89. The predicted molar refractivity (Wildman–Crippen MR) is 111 cm³/mol. The lowest BCUT2D eigenvalue weighted by Crippen LogP contribution is -1.93. The van der Waals surface area contributed by atoms with E-state index in [4.69, 9.17) is 23.2 Å². The molecule has 0 aromatic heterocycles. The molecule has 0 aliphatic heterocycles. The molecule has 29 heavy (non-hydrogen) atoms. The molecule has 4 aromatic rings. The fourth-order valence-electron chi connectivity index (χ4n) is 3.11. The fourth-order valence-corrected chi connectivity index (χ4v) is 3.66. The second-order valence-corrected chi connectivity index (χ2v) is 7.15. The van der Waals surface area contributed by atoms with Crippen LogP contribution in [0.4, 0.5) is 13.2 Å².